The molecule has 0 unspecified atom stereocenters. The molecule has 1 aliphatic carbocycles. The lowest BCUT2D eigenvalue weighted by molar-refractivity contribution is -0.144. The predicted octanol–water partition coefficient (Wildman–Crippen LogP) is 3.32. The van der Waals surface area contributed by atoms with Crippen LogP contribution in [-0.2, 0) is 4.79 Å². The van der Waals surface area contributed by atoms with Gasteiger partial charge in [0, 0.05) is 19.0 Å². The van der Waals surface area contributed by atoms with Crippen molar-refractivity contribution in [3.05, 3.63) is 0 Å². The van der Waals surface area contributed by atoms with Crippen molar-refractivity contribution in [1.29, 1.82) is 0 Å². The largest absolute Gasteiger partial charge is 0.339 e. The van der Waals surface area contributed by atoms with Crippen LogP contribution in [-0.4, -0.2) is 29.4 Å². The van der Waals surface area contributed by atoms with E-state index in [-0.39, 0.29) is 5.54 Å². The lowest BCUT2D eigenvalue weighted by Gasteiger charge is -2.49. The Morgan fingerprint density at radius 1 is 1.15 bits per heavy atom. The first-order chi connectivity index (χ1) is 9.58. The quantitative estimate of drug-likeness (QED) is 0.811. The number of amides is 1. The highest BCUT2D eigenvalue weighted by Gasteiger charge is 2.43. The van der Waals surface area contributed by atoms with E-state index in [1.807, 2.05) is 4.90 Å². The van der Waals surface area contributed by atoms with Gasteiger partial charge < -0.3 is 10.6 Å². The van der Waals surface area contributed by atoms with E-state index in [1.165, 1.54) is 32.1 Å². The third-order valence-corrected chi connectivity index (χ3v) is 5.23. The van der Waals surface area contributed by atoms with Crippen molar-refractivity contribution in [3.63, 3.8) is 0 Å². The summed E-state index contributed by atoms with van der Waals surface area (Å²) < 4.78 is 0. The fraction of sp³-hybridized carbons (Fsp3) is 0.941. The summed E-state index contributed by atoms with van der Waals surface area (Å²) in [4.78, 5) is 14.5. The van der Waals surface area contributed by atoms with Crippen molar-refractivity contribution >= 4 is 5.91 Å². The maximum absolute atomic E-state index is 12.5. The van der Waals surface area contributed by atoms with E-state index in [0.717, 1.165) is 44.7 Å². The molecule has 0 atom stereocenters. The SMILES string of the molecule is CCCCC1CCC(C(=O)N2CC(N)(CCC)C2)CC1. The normalized spacial score (nSPS) is 29.1. The van der Waals surface area contributed by atoms with E-state index in [0.29, 0.717) is 11.8 Å². The Morgan fingerprint density at radius 2 is 1.80 bits per heavy atom. The zero-order chi connectivity index (χ0) is 14.6. The molecule has 1 heterocycles. The van der Waals surface area contributed by atoms with Crippen LogP contribution in [0.4, 0.5) is 0 Å². The van der Waals surface area contributed by atoms with Gasteiger partial charge in [0.05, 0.1) is 5.54 Å². The van der Waals surface area contributed by atoms with Crippen molar-refractivity contribution in [2.24, 2.45) is 17.6 Å². The van der Waals surface area contributed by atoms with Gasteiger partial charge in [0.15, 0.2) is 0 Å². The van der Waals surface area contributed by atoms with Crippen LogP contribution in [0.3, 0.4) is 0 Å². The summed E-state index contributed by atoms with van der Waals surface area (Å²) >= 11 is 0. The van der Waals surface area contributed by atoms with E-state index in [4.69, 9.17) is 5.73 Å². The summed E-state index contributed by atoms with van der Waals surface area (Å²) in [7, 11) is 0. The molecule has 2 fully saturated rings. The molecule has 0 bridgehead atoms. The number of unbranched alkanes of at least 4 members (excludes halogenated alkanes) is 1. The molecule has 0 spiro atoms. The average Bonchev–Trinajstić information content (AvgIpc) is 2.42. The van der Waals surface area contributed by atoms with Crippen LogP contribution in [0.5, 0.6) is 0 Å². The summed E-state index contributed by atoms with van der Waals surface area (Å²) in [5.74, 6) is 1.55. The zero-order valence-corrected chi connectivity index (χ0v) is 13.4. The number of nitrogens with two attached hydrogens (primary N) is 1. The van der Waals surface area contributed by atoms with Gasteiger partial charge in [-0.15, -0.1) is 0 Å². The molecule has 2 aliphatic rings. The summed E-state index contributed by atoms with van der Waals surface area (Å²) in [6, 6.07) is 0. The maximum atomic E-state index is 12.5. The summed E-state index contributed by atoms with van der Waals surface area (Å²) in [6.07, 6.45) is 10.9. The van der Waals surface area contributed by atoms with E-state index < -0.39 is 0 Å². The molecule has 2 N–H and O–H groups in total. The number of carbonyl (C=O) groups excluding carboxylic acids is 1. The zero-order valence-electron chi connectivity index (χ0n) is 13.4. The number of likely N-dealkylation sites (tertiary alicyclic amines) is 1. The van der Waals surface area contributed by atoms with Crippen molar-refractivity contribution in [2.75, 3.05) is 13.1 Å². The first-order valence-electron chi connectivity index (χ1n) is 8.65. The second kappa shape index (κ2) is 6.93. The molecule has 3 heteroatoms. The first-order valence-corrected chi connectivity index (χ1v) is 8.65. The van der Waals surface area contributed by atoms with Gasteiger partial charge in [-0.2, -0.15) is 0 Å². The molecule has 0 aromatic heterocycles. The molecule has 1 saturated heterocycles. The van der Waals surface area contributed by atoms with E-state index in [1.54, 1.807) is 0 Å². The van der Waals surface area contributed by atoms with Gasteiger partial charge in [-0.25, -0.2) is 0 Å². The standard InChI is InChI=1S/C17H32N2O/c1-3-5-6-14-7-9-15(10-8-14)16(20)19-12-17(18,13-19)11-4-2/h14-15H,3-13,18H2,1-2H3. The maximum Gasteiger partial charge on any atom is 0.225 e. The minimum absolute atomic E-state index is 0.0806. The van der Waals surface area contributed by atoms with Crippen LogP contribution >= 0.6 is 0 Å². The first kappa shape index (κ1) is 15.8. The van der Waals surface area contributed by atoms with Crippen LogP contribution in [0.15, 0.2) is 0 Å². The van der Waals surface area contributed by atoms with Gasteiger partial charge in [-0.1, -0.05) is 39.5 Å². The number of rotatable bonds is 6. The van der Waals surface area contributed by atoms with E-state index >= 15 is 0 Å². The summed E-state index contributed by atoms with van der Waals surface area (Å²) in [5, 5.41) is 0. The van der Waals surface area contributed by atoms with Crippen molar-refractivity contribution in [2.45, 2.75) is 77.2 Å². The average molecular weight is 280 g/mol. The fourth-order valence-corrected chi connectivity index (χ4v) is 3.97. The molecule has 0 aromatic rings. The summed E-state index contributed by atoms with van der Waals surface area (Å²) in [5.41, 5.74) is 6.17. The second-order valence-corrected chi connectivity index (χ2v) is 7.17. The van der Waals surface area contributed by atoms with Crippen LogP contribution in [0.2, 0.25) is 0 Å². The molecule has 1 amide bonds. The van der Waals surface area contributed by atoms with Crippen molar-refractivity contribution in [3.8, 4) is 0 Å². The Morgan fingerprint density at radius 3 is 2.35 bits per heavy atom. The monoisotopic (exact) mass is 280 g/mol. The highest BCUT2D eigenvalue weighted by atomic mass is 16.2. The van der Waals surface area contributed by atoms with Crippen molar-refractivity contribution in [1.82, 2.24) is 4.90 Å². The Bertz CT molecular complexity index is 315. The topological polar surface area (TPSA) is 46.3 Å². The third kappa shape index (κ3) is 3.75. The third-order valence-electron chi connectivity index (χ3n) is 5.23. The molecule has 2 rings (SSSR count). The number of hydrogen-bond acceptors (Lipinski definition) is 2. The van der Waals surface area contributed by atoms with Crippen LogP contribution < -0.4 is 5.73 Å². The number of hydrogen-bond donors (Lipinski definition) is 1. The van der Waals surface area contributed by atoms with Gasteiger partial charge in [-0.05, 0) is 38.0 Å². The van der Waals surface area contributed by atoms with Crippen molar-refractivity contribution < 1.29 is 4.79 Å². The lowest BCUT2D eigenvalue weighted by atomic mass is 9.78. The fourth-order valence-electron chi connectivity index (χ4n) is 3.97. The molecular weight excluding hydrogens is 248 g/mol. The minimum Gasteiger partial charge on any atom is -0.339 e. The highest BCUT2D eigenvalue weighted by Crippen LogP contribution is 2.34. The molecule has 20 heavy (non-hydrogen) atoms. The predicted molar refractivity (Wildman–Crippen MR) is 83.4 cm³/mol. The molecule has 1 saturated carbocycles. The second-order valence-electron chi connectivity index (χ2n) is 7.17. The molecular formula is C17H32N2O. The van der Waals surface area contributed by atoms with Gasteiger partial charge >= 0.3 is 0 Å². The Kier molecular flexibility index (Phi) is 5.48. The Balaban J connectivity index is 1.71. The van der Waals surface area contributed by atoms with Gasteiger partial charge in [-0.3, -0.25) is 4.79 Å². The van der Waals surface area contributed by atoms with Crippen LogP contribution in [0.25, 0.3) is 0 Å². The van der Waals surface area contributed by atoms with Crippen LogP contribution in [0, 0.1) is 11.8 Å². The molecule has 116 valence electrons. The van der Waals surface area contributed by atoms with Gasteiger partial charge in [0.25, 0.3) is 0 Å². The number of carbonyl (C=O) groups is 1. The smallest absolute Gasteiger partial charge is 0.225 e. The van der Waals surface area contributed by atoms with E-state index in [2.05, 4.69) is 13.8 Å². The molecule has 1 aliphatic heterocycles. The van der Waals surface area contributed by atoms with E-state index in [9.17, 15) is 4.79 Å². The van der Waals surface area contributed by atoms with Gasteiger partial charge in [0.2, 0.25) is 5.91 Å². The Hall–Kier alpha value is -0.570. The molecule has 0 aromatic carbocycles. The lowest BCUT2D eigenvalue weighted by Crippen LogP contribution is -2.69. The molecule has 3 nitrogen and oxygen atoms in total. The molecule has 0 radical (unpaired) electrons. The van der Waals surface area contributed by atoms with Gasteiger partial charge in [0.1, 0.15) is 0 Å². The summed E-state index contributed by atoms with van der Waals surface area (Å²) in [6.45, 7) is 6.00. The number of nitrogens with zero attached hydrogens (tertiary/aromatic N) is 1. The Labute approximate surface area is 124 Å². The van der Waals surface area contributed by atoms with Crippen LogP contribution in [0.1, 0.15) is 71.6 Å². The minimum atomic E-state index is -0.0806. The highest BCUT2D eigenvalue weighted by molar-refractivity contribution is 5.80.